The van der Waals surface area contributed by atoms with Crippen LogP contribution in [0.2, 0.25) is 0 Å². The molecule has 0 fully saturated rings. The average molecular weight is 644 g/mol. The molecule has 0 saturated carbocycles. The van der Waals surface area contributed by atoms with E-state index in [4.69, 9.17) is 14.2 Å². The second-order valence-electron chi connectivity index (χ2n) is 3.55. The molecule has 2 unspecified atom stereocenters. The summed E-state index contributed by atoms with van der Waals surface area (Å²) in [6, 6.07) is -0.366. The van der Waals surface area contributed by atoms with Gasteiger partial charge in [-0.3, -0.25) is 0 Å². The molecule has 18 heavy (non-hydrogen) atoms. The third-order valence-electron chi connectivity index (χ3n) is 2.38. The minimum atomic E-state index is -0.695. The second-order valence-corrected chi connectivity index (χ2v) is 5.79. The van der Waals surface area contributed by atoms with Crippen LogP contribution in [0.4, 0.5) is 4.79 Å². The maximum absolute atomic E-state index is 11.3. The van der Waals surface area contributed by atoms with Crippen LogP contribution in [-0.2, 0) is 14.2 Å². The van der Waals surface area contributed by atoms with E-state index >= 15 is 0 Å². The van der Waals surface area contributed by atoms with Crippen LogP contribution in [0.1, 0.15) is 6.42 Å². The van der Waals surface area contributed by atoms with E-state index in [0.29, 0.717) is 28.9 Å². The van der Waals surface area contributed by atoms with Crippen LogP contribution in [0.3, 0.4) is 0 Å². The zero-order valence-electron chi connectivity index (χ0n) is 9.87. The van der Waals surface area contributed by atoms with Crippen LogP contribution < -0.4 is 0 Å². The predicted octanol–water partition coefficient (Wildman–Crippen LogP) is -0.204. The summed E-state index contributed by atoms with van der Waals surface area (Å²) >= 11 is 1.79. The number of nitrogens with zero attached hydrogens (tertiary/aromatic N) is 1. The summed E-state index contributed by atoms with van der Waals surface area (Å²) < 4.78 is 16.7. The van der Waals surface area contributed by atoms with Gasteiger partial charge in [0, 0.05) is 0 Å². The van der Waals surface area contributed by atoms with Crippen molar-refractivity contribution in [2.45, 2.75) is 18.6 Å². The van der Waals surface area contributed by atoms with Gasteiger partial charge >= 0.3 is 139 Å². The fraction of sp³-hybridized carbons (Fsp3) is 0.700. The molecular formula is C10H15NO5Pb2. The van der Waals surface area contributed by atoms with E-state index in [-0.39, 0.29) is 12.1 Å². The molecule has 1 rings (SSSR count). The van der Waals surface area contributed by atoms with Crippen molar-refractivity contribution in [3.63, 3.8) is 0 Å². The van der Waals surface area contributed by atoms with Crippen LogP contribution in [-0.4, -0.2) is 102 Å². The Morgan fingerprint density at radius 1 is 1.33 bits per heavy atom. The van der Waals surface area contributed by atoms with Gasteiger partial charge in [-0.05, 0) is 0 Å². The van der Waals surface area contributed by atoms with Crippen molar-refractivity contribution >= 4 is 57.6 Å². The molecule has 2 atom stereocenters. The van der Waals surface area contributed by atoms with E-state index in [0.717, 1.165) is 55.7 Å². The molecule has 0 saturated heterocycles. The van der Waals surface area contributed by atoms with Gasteiger partial charge in [-0.1, -0.05) is 0 Å². The predicted molar refractivity (Wildman–Crippen MR) is 64.6 cm³/mol. The standard InChI is InChI=1S/C10H15NO5.2Pb/c1-14-5-6-16-9-4-3-8(7-9)11(13)10(12)15-2;;/h3-4,8-9,13H,1-2,5-7H2;;. The van der Waals surface area contributed by atoms with Gasteiger partial charge in [0.05, 0.1) is 0 Å². The number of amides is 1. The van der Waals surface area contributed by atoms with Gasteiger partial charge in [0.15, 0.2) is 0 Å². The second kappa shape index (κ2) is 9.61. The Morgan fingerprint density at radius 2 is 2.11 bits per heavy atom. The normalized spacial score (nSPS) is 22.2. The SMILES string of the molecule is O=C(O[CH2][Pb])N(O)C1C=CC(OCCO[CH2][Pb])C1. The van der Waals surface area contributed by atoms with E-state index in [9.17, 15) is 10.0 Å². The molecule has 0 spiro atoms. The van der Waals surface area contributed by atoms with Gasteiger partial charge in [0.2, 0.25) is 0 Å². The van der Waals surface area contributed by atoms with E-state index < -0.39 is 6.09 Å². The first kappa shape index (κ1) is 16.8. The van der Waals surface area contributed by atoms with Crippen LogP contribution in [0.15, 0.2) is 12.2 Å². The summed E-state index contributed by atoms with van der Waals surface area (Å²) in [5.74, 6) is 0. The van der Waals surface area contributed by atoms with Gasteiger partial charge in [-0.15, -0.1) is 0 Å². The molecule has 0 aromatic carbocycles. The van der Waals surface area contributed by atoms with Crippen LogP contribution in [0, 0.1) is 0 Å². The van der Waals surface area contributed by atoms with Crippen molar-refractivity contribution in [3.05, 3.63) is 12.2 Å². The molecule has 0 aromatic rings. The van der Waals surface area contributed by atoms with Crippen molar-refractivity contribution in [2.75, 3.05) is 21.5 Å². The molecule has 6 radical (unpaired) electrons. The first-order chi connectivity index (χ1) is 8.69. The van der Waals surface area contributed by atoms with E-state index in [1.54, 1.807) is 6.08 Å². The molecule has 1 amide bonds. The van der Waals surface area contributed by atoms with Crippen molar-refractivity contribution < 1.29 is 24.2 Å². The Bertz CT molecular complexity index is 289. The third kappa shape index (κ3) is 5.80. The van der Waals surface area contributed by atoms with Gasteiger partial charge in [0.1, 0.15) is 0 Å². The molecule has 1 aliphatic rings. The summed E-state index contributed by atoms with van der Waals surface area (Å²) in [6.07, 6.45) is 3.38. The summed E-state index contributed by atoms with van der Waals surface area (Å²) in [7, 11) is 0. The number of hydrogen-bond donors (Lipinski definition) is 1. The molecule has 1 aliphatic carbocycles. The van der Waals surface area contributed by atoms with Gasteiger partial charge in [0.25, 0.3) is 0 Å². The first-order valence-corrected chi connectivity index (χ1v) is 11.0. The quantitative estimate of drug-likeness (QED) is 0.137. The third-order valence-corrected chi connectivity index (χ3v) is 3.73. The fourth-order valence-electron chi connectivity index (χ4n) is 1.55. The number of hydrogen-bond acceptors (Lipinski definition) is 5. The molecule has 6 nitrogen and oxygen atoms in total. The number of hydroxylamine groups is 2. The monoisotopic (exact) mass is 645 g/mol. The van der Waals surface area contributed by atoms with E-state index in [2.05, 4.69) is 0 Å². The summed E-state index contributed by atoms with van der Waals surface area (Å²) in [6.45, 7) is 1.12. The van der Waals surface area contributed by atoms with Gasteiger partial charge in [-0.25, -0.2) is 0 Å². The number of carbonyl (C=O) groups is 1. The number of ether oxygens (including phenoxy) is 3. The topological polar surface area (TPSA) is 68.2 Å². The summed E-state index contributed by atoms with van der Waals surface area (Å²) in [5.41, 5.74) is 0. The average Bonchev–Trinajstić information content (AvgIpc) is 2.83. The zero-order valence-corrected chi connectivity index (χ0v) is 17.6. The molecule has 98 valence electrons. The molecule has 8 heteroatoms. The van der Waals surface area contributed by atoms with Crippen molar-refractivity contribution in [1.29, 1.82) is 0 Å². The van der Waals surface area contributed by atoms with Crippen LogP contribution in [0.25, 0.3) is 0 Å². The van der Waals surface area contributed by atoms with Gasteiger partial charge < -0.3 is 0 Å². The maximum atomic E-state index is 11.3. The molecule has 1 N–H and O–H groups in total. The Labute approximate surface area is 138 Å². The Hall–Kier alpha value is 0.734. The number of rotatable bonds is 7. The Balaban J connectivity index is 2.24. The van der Waals surface area contributed by atoms with E-state index in [1.165, 1.54) is 0 Å². The molecule has 0 aliphatic heterocycles. The number of carbonyl (C=O) groups excluding carboxylic acids is 1. The van der Waals surface area contributed by atoms with Crippen LogP contribution >= 0.6 is 0 Å². The van der Waals surface area contributed by atoms with Crippen molar-refractivity contribution in [2.24, 2.45) is 0 Å². The molecular weight excluding hydrogens is 629 g/mol. The molecule has 0 heterocycles. The Kier molecular flexibility index (Phi) is 8.96. The summed E-state index contributed by atoms with van der Waals surface area (Å²) in [4.78, 5) is 11.3. The van der Waals surface area contributed by atoms with Crippen molar-refractivity contribution in [3.8, 4) is 0 Å². The molecule has 0 aromatic heterocycles. The van der Waals surface area contributed by atoms with Crippen LogP contribution in [0.5, 0.6) is 0 Å². The first-order valence-electron chi connectivity index (χ1n) is 5.50. The van der Waals surface area contributed by atoms with E-state index in [1.807, 2.05) is 6.08 Å². The van der Waals surface area contributed by atoms with Crippen molar-refractivity contribution in [1.82, 2.24) is 5.06 Å². The summed E-state index contributed by atoms with van der Waals surface area (Å²) in [5, 5.41) is 10.3. The molecule has 0 bridgehead atoms. The zero-order chi connectivity index (χ0) is 13.4. The van der Waals surface area contributed by atoms with Gasteiger partial charge in [-0.2, -0.15) is 0 Å². The fourth-order valence-corrected chi connectivity index (χ4v) is 2.59. The Morgan fingerprint density at radius 3 is 2.78 bits per heavy atom. The minimum absolute atomic E-state index is 0.0776.